The number of aryl methyl sites for hydroxylation is 2. The zero-order valence-corrected chi connectivity index (χ0v) is 15.7. The monoisotopic (exact) mass is 359 g/mol. The molecule has 3 rings (SSSR count). The molecule has 8 heteroatoms. The molecular formula is C18H25N5O3. The topological polar surface area (TPSA) is 84.5 Å². The van der Waals surface area contributed by atoms with Crippen LogP contribution in [-0.2, 0) is 13.5 Å². The van der Waals surface area contributed by atoms with Gasteiger partial charge in [-0.05, 0) is 19.9 Å². The third-order valence-corrected chi connectivity index (χ3v) is 4.94. The third kappa shape index (κ3) is 3.55. The van der Waals surface area contributed by atoms with Crippen LogP contribution in [-0.4, -0.2) is 62.4 Å². The van der Waals surface area contributed by atoms with Crippen LogP contribution in [0.3, 0.4) is 0 Å². The number of hydrogen-bond acceptors (Lipinski definition) is 6. The molecule has 1 unspecified atom stereocenters. The van der Waals surface area contributed by atoms with Gasteiger partial charge < -0.3 is 14.0 Å². The first-order valence-corrected chi connectivity index (χ1v) is 8.93. The Morgan fingerprint density at radius 2 is 1.96 bits per heavy atom. The first-order valence-electron chi connectivity index (χ1n) is 8.93. The van der Waals surface area contributed by atoms with Gasteiger partial charge in [0.1, 0.15) is 5.69 Å². The zero-order valence-electron chi connectivity index (χ0n) is 15.7. The molecule has 1 saturated heterocycles. The molecule has 0 radical (unpaired) electrons. The van der Waals surface area contributed by atoms with Crippen LogP contribution in [0.25, 0.3) is 0 Å². The second-order valence-corrected chi connectivity index (χ2v) is 6.69. The first-order chi connectivity index (χ1) is 12.4. The largest absolute Gasteiger partial charge is 0.346 e. The predicted octanol–water partition coefficient (Wildman–Crippen LogP) is 1.69. The van der Waals surface area contributed by atoms with Crippen molar-refractivity contribution in [3.05, 3.63) is 35.2 Å². The van der Waals surface area contributed by atoms with Crippen LogP contribution in [0.15, 0.2) is 16.8 Å². The lowest BCUT2D eigenvalue weighted by Gasteiger charge is -2.36. The van der Waals surface area contributed by atoms with Gasteiger partial charge in [-0.25, -0.2) is 0 Å². The van der Waals surface area contributed by atoms with Crippen molar-refractivity contribution < 1.29 is 14.1 Å². The molecular weight excluding hydrogens is 334 g/mol. The lowest BCUT2D eigenvalue weighted by Crippen LogP contribution is -2.49. The third-order valence-electron chi connectivity index (χ3n) is 4.94. The van der Waals surface area contributed by atoms with Crippen LogP contribution >= 0.6 is 0 Å². The highest BCUT2D eigenvalue weighted by Crippen LogP contribution is 2.21. The molecule has 1 amide bonds. The van der Waals surface area contributed by atoms with Crippen LogP contribution < -0.4 is 0 Å². The number of amides is 1. The van der Waals surface area contributed by atoms with Gasteiger partial charge in [0.2, 0.25) is 5.89 Å². The van der Waals surface area contributed by atoms with Crippen molar-refractivity contribution in [3.8, 4) is 0 Å². The van der Waals surface area contributed by atoms with Crippen LogP contribution in [0.5, 0.6) is 0 Å². The van der Waals surface area contributed by atoms with Crippen molar-refractivity contribution in [1.29, 1.82) is 0 Å². The molecule has 1 aliphatic rings. The highest BCUT2D eigenvalue weighted by atomic mass is 16.5. The van der Waals surface area contributed by atoms with Crippen molar-refractivity contribution in [3.63, 3.8) is 0 Å². The molecule has 1 aliphatic heterocycles. The average Bonchev–Trinajstić information content (AvgIpc) is 3.27. The van der Waals surface area contributed by atoms with Crippen molar-refractivity contribution >= 4 is 11.7 Å². The van der Waals surface area contributed by atoms with Gasteiger partial charge in [-0.2, -0.15) is 4.98 Å². The van der Waals surface area contributed by atoms with Gasteiger partial charge in [0, 0.05) is 51.4 Å². The summed E-state index contributed by atoms with van der Waals surface area (Å²) in [5, 5.41) is 3.95. The van der Waals surface area contributed by atoms with E-state index in [1.54, 1.807) is 23.9 Å². The van der Waals surface area contributed by atoms with Crippen molar-refractivity contribution in [2.75, 3.05) is 26.2 Å². The van der Waals surface area contributed by atoms with Crippen molar-refractivity contribution in [2.24, 2.45) is 7.05 Å². The lowest BCUT2D eigenvalue weighted by atomic mass is 10.2. The van der Waals surface area contributed by atoms with Gasteiger partial charge in [-0.3, -0.25) is 14.5 Å². The summed E-state index contributed by atoms with van der Waals surface area (Å²) in [5.74, 6) is 1.25. The van der Waals surface area contributed by atoms with E-state index in [0.717, 1.165) is 19.5 Å². The van der Waals surface area contributed by atoms with Gasteiger partial charge in [-0.15, -0.1) is 0 Å². The van der Waals surface area contributed by atoms with E-state index in [4.69, 9.17) is 4.52 Å². The molecule has 2 aromatic rings. The number of rotatable bonds is 5. The SMILES string of the molecule is CCc1noc(C(C)N2CCN(C(=O)c3cc(C(C)=O)cn3C)CC2)n1. The van der Waals surface area contributed by atoms with E-state index in [1.165, 1.54) is 6.92 Å². The van der Waals surface area contributed by atoms with Crippen LogP contribution in [0.1, 0.15) is 59.4 Å². The van der Waals surface area contributed by atoms with Crippen molar-refractivity contribution in [1.82, 2.24) is 24.5 Å². The summed E-state index contributed by atoms with van der Waals surface area (Å²) in [7, 11) is 1.79. The molecule has 0 bridgehead atoms. The number of piperazine rings is 1. The molecule has 140 valence electrons. The Hall–Kier alpha value is -2.48. The minimum absolute atomic E-state index is 0.0272. The summed E-state index contributed by atoms with van der Waals surface area (Å²) >= 11 is 0. The number of nitrogens with zero attached hydrogens (tertiary/aromatic N) is 5. The maximum absolute atomic E-state index is 12.8. The van der Waals surface area contributed by atoms with E-state index in [0.29, 0.717) is 36.1 Å². The number of aromatic nitrogens is 3. The van der Waals surface area contributed by atoms with Crippen LogP contribution in [0.4, 0.5) is 0 Å². The average molecular weight is 359 g/mol. The summed E-state index contributed by atoms with van der Waals surface area (Å²) < 4.78 is 7.06. The minimum Gasteiger partial charge on any atom is -0.346 e. The summed E-state index contributed by atoms with van der Waals surface area (Å²) in [4.78, 5) is 32.8. The Balaban J connectivity index is 1.62. The van der Waals surface area contributed by atoms with E-state index in [-0.39, 0.29) is 17.7 Å². The Morgan fingerprint density at radius 1 is 1.27 bits per heavy atom. The maximum atomic E-state index is 12.8. The van der Waals surface area contributed by atoms with Crippen LogP contribution in [0, 0.1) is 0 Å². The fraction of sp³-hybridized carbons (Fsp3) is 0.556. The predicted molar refractivity (Wildman–Crippen MR) is 95.0 cm³/mol. The number of hydrogen-bond donors (Lipinski definition) is 0. The number of Topliss-reactive ketones (excluding diaryl/α,β-unsaturated/α-hetero) is 1. The molecule has 0 spiro atoms. The molecule has 1 atom stereocenters. The summed E-state index contributed by atoms with van der Waals surface area (Å²) in [6.07, 6.45) is 2.45. The molecule has 2 aromatic heterocycles. The van der Waals surface area contributed by atoms with Crippen molar-refractivity contribution in [2.45, 2.75) is 33.2 Å². The van der Waals surface area contributed by atoms with E-state index < -0.39 is 0 Å². The normalized spacial score (nSPS) is 16.7. The van der Waals surface area contributed by atoms with E-state index >= 15 is 0 Å². The lowest BCUT2D eigenvalue weighted by molar-refractivity contribution is 0.0543. The standard InChI is InChI=1S/C18H25N5O3/c1-5-16-19-17(26-20-16)12(2)22-6-8-23(9-7-22)18(25)15-10-14(13(3)24)11-21(15)4/h10-12H,5-9H2,1-4H3. The molecule has 0 saturated carbocycles. The molecule has 0 aliphatic carbocycles. The van der Waals surface area contributed by atoms with E-state index in [9.17, 15) is 9.59 Å². The van der Waals surface area contributed by atoms with Gasteiger partial charge in [0.25, 0.3) is 5.91 Å². The van der Waals surface area contributed by atoms with Gasteiger partial charge in [-0.1, -0.05) is 12.1 Å². The highest BCUT2D eigenvalue weighted by molar-refractivity contribution is 5.99. The second kappa shape index (κ2) is 7.41. The Bertz CT molecular complexity index is 802. The minimum atomic E-state index is -0.0432. The Kier molecular flexibility index (Phi) is 5.22. The summed E-state index contributed by atoms with van der Waals surface area (Å²) in [6, 6.07) is 1.70. The Labute approximate surface area is 152 Å². The molecule has 3 heterocycles. The van der Waals surface area contributed by atoms with E-state index in [1.807, 2.05) is 18.7 Å². The van der Waals surface area contributed by atoms with Gasteiger partial charge in [0.15, 0.2) is 11.6 Å². The van der Waals surface area contributed by atoms with Crippen LogP contribution in [0.2, 0.25) is 0 Å². The first kappa shape index (κ1) is 18.3. The van der Waals surface area contributed by atoms with Gasteiger partial charge >= 0.3 is 0 Å². The summed E-state index contributed by atoms with van der Waals surface area (Å²) in [5.41, 5.74) is 1.10. The molecule has 0 N–H and O–H groups in total. The second-order valence-electron chi connectivity index (χ2n) is 6.69. The molecule has 8 nitrogen and oxygen atoms in total. The molecule has 26 heavy (non-hydrogen) atoms. The zero-order chi connectivity index (χ0) is 18.8. The molecule has 0 aromatic carbocycles. The van der Waals surface area contributed by atoms with E-state index in [2.05, 4.69) is 15.0 Å². The smallest absolute Gasteiger partial charge is 0.270 e. The fourth-order valence-corrected chi connectivity index (χ4v) is 3.18. The fourth-order valence-electron chi connectivity index (χ4n) is 3.18. The highest BCUT2D eigenvalue weighted by Gasteiger charge is 2.29. The number of carbonyl (C=O) groups is 2. The number of ketones is 1. The summed E-state index contributed by atoms with van der Waals surface area (Å²) in [6.45, 7) is 8.26. The quantitative estimate of drug-likeness (QED) is 0.756. The number of carbonyl (C=O) groups excluding carboxylic acids is 2. The van der Waals surface area contributed by atoms with Gasteiger partial charge in [0.05, 0.1) is 6.04 Å². The maximum Gasteiger partial charge on any atom is 0.270 e. The Morgan fingerprint density at radius 3 is 2.50 bits per heavy atom. The molecule has 1 fully saturated rings.